The second-order valence-corrected chi connectivity index (χ2v) is 7.05. The van der Waals surface area contributed by atoms with E-state index in [9.17, 15) is 5.11 Å². The van der Waals surface area contributed by atoms with Crippen molar-refractivity contribution in [1.82, 2.24) is 9.80 Å². The van der Waals surface area contributed by atoms with E-state index in [0.29, 0.717) is 6.61 Å². The number of aliphatic hydroxyl groups is 1. The summed E-state index contributed by atoms with van der Waals surface area (Å²) in [7, 11) is 0. The van der Waals surface area contributed by atoms with Crippen molar-refractivity contribution in [2.75, 3.05) is 39.3 Å². The van der Waals surface area contributed by atoms with Crippen molar-refractivity contribution in [3.8, 4) is 5.75 Å². The second-order valence-electron chi connectivity index (χ2n) is 7.05. The number of hydrogen-bond donors (Lipinski definition) is 1. The predicted molar refractivity (Wildman–Crippen MR) is 92.9 cm³/mol. The molecule has 2 aliphatic heterocycles. The SMILES string of the molecule is Cc1ccc(OCC(O)CN2CCC(N3CCCC3)CC2)cc1. The summed E-state index contributed by atoms with van der Waals surface area (Å²) in [6, 6.07) is 8.76. The number of nitrogens with zero attached hydrogens (tertiary/aromatic N) is 2. The first kappa shape index (κ1) is 16.7. The van der Waals surface area contributed by atoms with Crippen LogP contribution in [0.3, 0.4) is 0 Å². The van der Waals surface area contributed by atoms with Crippen LogP contribution >= 0.6 is 0 Å². The lowest BCUT2D eigenvalue weighted by molar-refractivity contribution is 0.0476. The van der Waals surface area contributed by atoms with E-state index in [4.69, 9.17) is 4.74 Å². The first-order valence-corrected chi connectivity index (χ1v) is 9.04. The van der Waals surface area contributed by atoms with Gasteiger partial charge in [-0.25, -0.2) is 0 Å². The number of hydrogen-bond acceptors (Lipinski definition) is 4. The van der Waals surface area contributed by atoms with Crippen molar-refractivity contribution in [2.45, 2.75) is 44.8 Å². The Morgan fingerprint density at radius 1 is 1.09 bits per heavy atom. The molecule has 0 amide bonds. The average Bonchev–Trinajstić information content (AvgIpc) is 3.09. The number of aliphatic hydroxyl groups excluding tert-OH is 1. The first-order valence-electron chi connectivity index (χ1n) is 9.04. The van der Waals surface area contributed by atoms with E-state index in [1.807, 2.05) is 24.3 Å². The van der Waals surface area contributed by atoms with E-state index >= 15 is 0 Å². The fourth-order valence-corrected chi connectivity index (χ4v) is 3.75. The van der Waals surface area contributed by atoms with Gasteiger partial charge in [0.15, 0.2) is 0 Å². The maximum absolute atomic E-state index is 10.2. The highest BCUT2D eigenvalue weighted by atomic mass is 16.5. The molecule has 0 bridgehead atoms. The van der Waals surface area contributed by atoms with Gasteiger partial charge in [-0.3, -0.25) is 0 Å². The third kappa shape index (κ3) is 4.93. The van der Waals surface area contributed by atoms with E-state index in [-0.39, 0.29) is 0 Å². The van der Waals surface area contributed by atoms with Crippen molar-refractivity contribution in [3.05, 3.63) is 29.8 Å². The lowest BCUT2D eigenvalue weighted by Crippen LogP contribution is -2.46. The van der Waals surface area contributed by atoms with Crippen LogP contribution in [0.4, 0.5) is 0 Å². The van der Waals surface area contributed by atoms with Gasteiger partial charge in [-0.1, -0.05) is 17.7 Å². The molecule has 3 rings (SSSR count). The number of piperidine rings is 1. The van der Waals surface area contributed by atoms with Crippen LogP contribution in [0.15, 0.2) is 24.3 Å². The monoisotopic (exact) mass is 318 g/mol. The molecule has 4 heteroatoms. The van der Waals surface area contributed by atoms with E-state index < -0.39 is 6.10 Å². The van der Waals surface area contributed by atoms with Gasteiger partial charge in [0, 0.05) is 12.6 Å². The Labute approximate surface area is 140 Å². The third-order valence-corrected chi connectivity index (χ3v) is 5.15. The molecule has 1 N–H and O–H groups in total. The molecular formula is C19H30N2O2. The van der Waals surface area contributed by atoms with Crippen LogP contribution in [-0.4, -0.2) is 66.4 Å². The molecule has 2 saturated heterocycles. The Bertz CT molecular complexity index is 463. The molecule has 23 heavy (non-hydrogen) atoms. The van der Waals surface area contributed by atoms with Gasteiger partial charge < -0.3 is 19.6 Å². The first-order chi connectivity index (χ1) is 11.2. The summed E-state index contributed by atoms with van der Waals surface area (Å²) in [5, 5.41) is 10.2. The van der Waals surface area contributed by atoms with Gasteiger partial charge in [0.1, 0.15) is 18.5 Å². The number of aryl methyl sites for hydroxylation is 1. The zero-order valence-electron chi connectivity index (χ0n) is 14.3. The third-order valence-electron chi connectivity index (χ3n) is 5.15. The van der Waals surface area contributed by atoms with Crippen molar-refractivity contribution in [3.63, 3.8) is 0 Å². The minimum Gasteiger partial charge on any atom is -0.491 e. The zero-order valence-corrected chi connectivity index (χ0v) is 14.3. The largest absolute Gasteiger partial charge is 0.491 e. The summed E-state index contributed by atoms with van der Waals surface area (Å²) in [4.78, 5) is 5.05. The maximum atomic E-state index is 10.2. The molecule has 1 aromatic carbocycles. The Hall–Kier alpha value is -1.10. The standard InChI is InChI=1S/C19H30N2O2/c1-16-4-6-19(7-5-16)23-15-18(22)14-20-12-8-17(9-13-20)21-10-2-3-11-21/h4-7,17-18,22H,2-3,8-15H2,1H3. The number of benzene rings is 1. The molecule has 128 valence electrons. The summed E-state index contributed by atoms with van der Waals surface area (Å²) < 4.78 is 5.68. The quantitative estimate of drug-likeness (QED) is 0.873. The van der Waals surface area contributed by atoms with E-state index in [1.54, 1.807) is 0 Å². The van der Waals surface area contributed by atoms with Crippen LogP contribution in [-0.2, 0) is 0 Å². The lowest BCUT2D eigenvalue weighted by atomic mass is 10.0. The smallest absolute Gasteiger partial charge is 0.119 e. The van der Waals surface area contributed by atoms with Gasteiger partial charge >= 0.3 is 0 Å². The number of β-amino-alcohol motifs (C(OH)–C–C–N with tert-alkyl or cyclic N) is 1. The maximum Gasteiger partial charge on any atom is 0.119 e. The van der Waals surface area contributed by atoms with Gasteiger partial charge in [0.05, 0.1) is 0 Å². The fraction of sp³-hybridized carbons (Fsp3) is 0.684. The molecule has 1 unspecified atom stereocenters. The molecule has 2 fully saturated rings. The normalized spacial score (nSPS) is 22.3. The minimum absolute atomic E-state index is 0.370. The van der Waals surface area contributed by atoms with Gasteiger partial charge in [0.25, 0.3) is 0 Å². The number of rotatable bonds is 6. The zero-order chi connectivity index (χ0) is 16.1. The second kappa shape index (κ2) is 8.13. The molecule has 0 radical (unpaired) electrons. The molecule has 1 atom stereocenters. The van der Waals surface area contributed by atoms with Crippen molar-refractivity contribution < 1.29 is 9.84 Å². The Morgan fingerprint density at radius 2 is 1.74 bits per heavy atom. The van der Waals surface area contributed by atoms with E-state index in [1.165, 1.54) is 44.3 Å². The van der Waals surface area contributed by atoms with Crippen LogP contribution in [0.5, 0.6) is 5.75 Å². The van der Waals surface area contributed by atoms with Gasteiger partial charge in [-0.15, -0.1) is 0 Å². The predicted octanol–water partition coefficient (Wildman–Crippen LogP) is 2.29. The molecule has 0 saturated carbocycles. The topological polar surface area (TPSA) is 35.9 Å². The van der Waals surface area contributed by atoms with E-state index in [0.717, 1.165) is 31.4 Å². The van der Waals surface area contributed by atoms with E-state index in [2.05, 4.69) is 16.7 Å². The molecule has 0 spiro atoms. The van der Waals surface area contributed by atoms with Gasteiger partial charge in [0.2, 0.25) is 0 Å². The average molecular weight is 318 g/mol. The molecule has 0 aliphatic carbocycles. The van der Waals surface area contributed by atoms with Crippen molar-refractivity contribution in [2.24, 2.45) is 0 Å². The van der Waals surface area contributed by atoms with Gasteiger partial charge in [-0.2, -0.15) is 0 Å². The Balaban J connectivity index is 1.35. The summed E-state index contributed by atoms with van der Waals surface area (Å²) in [6.45, 7) is 7.93. The molecular weight excluding hydrogens is 288 g/mol. The van der Waals surface area contributed by atoms with Crippen LogP contribution in [0.25, 0.3) is 0 Å². The van der Waals surface area contributed by atoms with Crippen molar-refractivity contribution in [1.29, 1.82) is 0 Å². The summed E-state index contributed by atoms with van der Waals surface area (Å²) in [5.41, 5.74) is 1.22. The minimum atomic E-state index is -0.417. The highest BCUT2D eigenvalue weighted by Gasteiger charge is 2.27. The van der Waals surface area contributed by atoms with Crippen LogP contribution < -0.4 is 4.74 Å². The Kier molecular flexibility index (Phi) is 5.92. The lowest BCUT2D eigenvalue weighted by Gasteiger charge is -2.37. The highest BCUT2D eigenvalue weighted by molar-refractivity contribution is 5.26. The Morgan fingerprint density at radius 3 is 2.39 bits per heavy atom. The highest BCUT2D eigenvalue weighted by Crippen LogP contribution is 2.21. The summed E-state index contributed by atoms with van der Waals surface area (Å²) in [6.07, 6.45) is 4.81. The fourth-order valence-electron chi connectivity index (χ4n) is 3.75. The molecule has 2 aliphatic rings. The van der Waals surface area contributed by atoms with Crippen molar-refractivity contribution >= 4 is 0 Å². The summed E-state index contributed by atoms with van der Waals surface area (Å²) >= 11 is 0. The van der Waals surface area contributed by atoms with Crippen LogP contribution in [0.1, 0.15) is 31.2 Å². The summed E-state index contributed by atoms with van der Waals surface area (Å²) in [5.74, 6) is 0.836. The number of likely N-dealkylation sites (tertiary alicyclic amines) is 2. The molecule has 4 nitrogen and oxygen atoms in total. The molecule has 2 heterocycles. The van der Waals surface area contributed by atoms with Crippen LogP contribution in [0.2, 0.25) is 0 Å². The van der Waals surface area contributed by atoms with Crippen LogP contribution in [0, 0.1) is 6.92 Å². The molecule has 0 aromatic heterocycles. The van der Waals surface area contributed by atoms with Gasteiger partial charge in [-0.05, 0) is 70.9 Å². The number of ether oxygens (including phenoxy) is 1. The molecule has 1 aromatic rings.